The first-order valence-corrected chi connectivity index (χ1v) is 7.31. The van der Waals surface area contributed by atoms with Crippen LogP contribution in [0.4, 0.5) is 10.1 Å². The van der Waals surface area contributed by atoms with E-state index in [-0.39, 0.29) is 11.6 Å². The Morgan fingerprint density at radius 1 is 1.29 bits per heavy atom. The van der Waals surface area contributed by atoms with Crippen molar-refractivity contribution in [3.63, 3.8) is 0 Å². The number of carbonyl (C=O) groups excluding carboxylic acids is 1. The number of hydrogen-bond donors (Lipinski definition) is 1. The van der Waals surface area contributed by atoms with Crippen LogP contribution in [-0.2, 0) is 4.74 Å². The number of nitrogens with zero attached hydrogens (tertiary/aromatic N) is 2. The Kier molecular flexibility index (Phi) is 4.07. The van der Waals surface area contributed by atoms with Gasteiger partial charge in [-0.2, -0.15) is 0 Å². The van der Waals surface area contributed by atoms with Crippen LogP contribution in [0, 0.1) is 5.82 Å². The van der Waals surface area contributed by atoms with Gasteiger partial charge in [0.25, 0.3) is 5.91 Å². The molecule has 2 heterocycles. The smallest absolute Gasteiger partial charge is 0.256 e. The van der Waals surface area contributed by atoms with Crippen molar-refractivity contribution in [1.29, 1.82) is 0 Å². The van der Waals surface area contributed by atoms with E-state index in [4.69, 9.17) is 10.5 Å². The van der Waals surface area contributed by atoms with Gasteiger partial charge in [-0.05, 0) is 24.6 Å². The maximum Gasteiger partial charge on any atom is 0.256 e. The van der Waals surface area contributed by atoms with Crippen LogP contribution in [0.5, 0.6) is 0 Å². The molecule has 0 radical (unpaired) electrons. The van der Waals surface area contributed by atoms with E-state index in [1.165, 1.54) is 18.2 Å². The number of nitrogen functional groups attached to an aromatic ring is 1. The van der Waals surface area contributed by atoms with E-state index in [2.05, 4.69) is 4.90 Å². The number of amides is 1. The van der Waals surface area contributed by atoms with Crippen molar-refractivity contribution in [2.24, 2.45) is 0 Å². The van der Waals surface area contributed by atoms with Gasteiger partial charge < -0.3 is 15.4 Å². The van der Waals surface area contributed by atoms with Gasteiger partial charge in [0.05, 0.1) is 18.8 Å². The maximum absolute atomic E-state index is 13.1. The minimum Gasteiger partial charge on any atom is -0.398 e. The lowest BCUT2D eigenvalue weighted by atomic mass is 10.1. The van der Waals surface area contributed by atoms with Gasteiger partial charge >= 0.3 is 0 Å². The topological polar surface area (TPSA) is 58.8 Å². The molecule has 0 saturated carbocycles. The van der Waals surface area contributed by atoms with Crippen molar-refractivity contribution in [1.82, 2.24) is 9.80 Å². The van der Waals surface area contributed by atoms with Crippen molar-refractivity contribution in [2.75, 3.05) is 45.1 Å². The average molecular weight is 293 g/mol. The molecule has 6 heteroatoms. The van der Waals surface area contributed by atoms with Crippen molar-refractivity contribution in [3.8, 4) is 0 Å². The average Bonchev–Trinajstić information content (AvgIpc) is 2.97. The number of morpholine rings is 1. The van der Waals surface area contributed by atoms with Gasteiger partial charge in [0.1, 0.15) is 5.82 Å². The van der Waals surface area contributed by atoms with Crippen LogP contribution in [0.2, 0.25) is 0 Å². The molecule has 0 spiro atoms. The lowest BCUT2D eigenvalue weighted by Gasteiger charge is -2.32. The normalized spacial score (nSPS) is 23.5. The number of nitrogens with two attached hydrogens (primary N) is 1. The lowest BCUT2D eigenvalue weighted by molar-refractivity contribution is 0.0185. The fraction of sp³-hybridized carbons (Fsp3) is 0.533. The first kappa shape index (κ1) is 14.3. The SMILES string of the molecule is Nc1cc(F)ccc1C(=O)N1CCC(N2CCOCC2)C1. The van der Waals surface area contributed by atoms with Crippen molar-refractivity contribution in [2.45, 2.75) is 12.5 Å². The van der Waals surface area contributed by atoms with E-state index in [1.54, 1.807) is 0 Å². The summed E-state index contributed by atoms with van der Waals surface area (Å²) in [7, 11) is 0. The highest BCUT2D eigenvalue weighted by molar-refractivity contribution is 5.99. The molecule has 1 unspecified atom stereocenters. The predicted molar refractivity (Wildman–Crippen MR) is 77.5 cm³/mol. The summed E-state index contributed by atoms with van der Waals surface area (Å²) >= 11 is 0. The number of likely N-dealkylation sites (tertiary alicyclic amines) is 1. The third-order valence-electron chi connectivity index (χ3n) is 4.26. The van der Waals surface area contributed by atoms with E-state index in [9.17, 15) is 9.18 Å². The van der Waals surface area contributed by atoms with Gasteiger partial charge in [-0.25, -0.2) is 4.39 Å². The van der Waals surface area contributed by atoms with Crippen LogP contribution in [-0.4, -0.2) is 61.1 Å². The molecule has 1 aromatic carbocycles. The molecule has 2 aliphatic heterocycles. The van der Waals surface area contributed by atoms with Gasteiger partial charge in [-0.15, -0.1) is 0 Å². The number of rotatable bonds is 2. The predicted octanol–water partition coefficient (Wildman–Crippen LogP) is 0.955. The van der Waals surface area contributed by atoms with Gasteiger partial charge in [0.2, 0.25) is 0 Å². The zero-order chi connectivity index (χ0) is 14.8. The molecule has 2 aliphatic rings. The Balaban J connectivity index is 1.66. The van der Waals surface area contributed by atoms with Crippen LogP contribution in [0.15, 0.2) is 18.2 Å². The molecule has 114 valence electrons. The maximum atomic E-state index is 13.1. The number of halogens is 1. The molecule has 0 aliphatic carbocycles. The molecule has 5 nitrogen and oxygen atoms in total. The Morgan fingerprint density at radius 2 is 2.05 bits per heavy atom. The molecular weight excluding hydrogens is 273 g/mol. The molecule has 0 aromatic heterocycles. The first-order valence-electron chi connectivity index (χ1n) is 7.31. The second-order valence-electron chi connectivity index (χ2n) is 5.57. The highest BCUT2D eigenvalue weighted by Gasteiger charge is 2.32. The second-order valence-corrected chi connectivity index (χ2v) is 5.57. The van der Waals surface area contributed by atoms with Gasteiger partial charge in [-0.3, -0.25) is 9.69 Å². The lowest BCUT2D eigenvalue weighted by Crippen LogP contribution is -2.45. The second kappa shape index (κ2) is 5.99. The molecular formula is C15H20FN3O2. The summed E-state index contributed by atoms with van der Waals surface area (Å²) in [6, 6.07) is 4.33. The minimum atomic E-state index is -0.420. The molecule has 1 aromatic rings. The monoisotopic (exact) mass is 293 g/mol. The van der Waals surface area contributed by atoms with E-state index in [0.29, 0.717) is 18.2 Å². The number of anilines is 1. The van der Waals surface area contributed by atoms with Crippen LogP contribution in [0.1, 0.15) is 16.8 Å². The Labute approximate surface area is 123 Å². The standard InChI is InChI=1S/C15H20FN3O2/c16-11-1-2-13(14(17)9-11)15(20)19-4-3-12(10-19)18-5-7-21-8-6-18/h1-2,9,12H,3-8,10,17H2. The van der Waals surface area contributed by atoms with Gasteiger partial charge in [0, 0.05) is 37.9 Å². The zero-order valence-electron chi connectivity index (χ0n) is 11.9. The molecule has 1 amide bonds. The summed E-state index contributed by atoms with van der Waals surface area (Å²) in [5, 5.41) is 0. The molecule has 1 atom stereocenters. The van der Waals surface area contributed by atoms with E-state index < -0.39 is 5.82 Å². The molecule has 21 heavy (non-hydrogen) atoms. The third kappa shape index (κ3) is 3.01. The van der Waals surface area contributed by atoms with Gasteiger partial charge in [0.15, 0.2) is 0 Å². The minimum absolute atomic E-state index is 0.108. The van der Waals surface area contributed by atoms with Crippen LogP contribution in [0.3, 0.4) is 0 Å². The van der Waals surface area contributed by atoms with E-state index >= 15 is 0 Å². The van der Waals surface area contributed by atoms with E-state index in [0.717, 1.165) is 39.3 Å². The third-order valence-corrected chi connectivity index (χ3v) is 4.26. The van der Waals surface area contributed by atoms with Crippen LogP contribution in [0.25, 0.3) is 0 Å². The summed E-state index contributed by atoms with van der Waals surface area (Å²) in [6.45, 7) is 4.79. The number of hydrogen-bond acceptors (Lipinski definition) is 4. The van der Waals surface area contributed by atoms with Crippen LogP contribution >= 0.6 is 0 Å². The Bertz CT molecular complexity index is 532. The summed E-state index contributed by atoms with van der Waals surface area (Å²) in [5.41, 5.74) is 6.34. The van der Waals surface area contributed by atoms with Gasteiger partial charge in [-0.1, -0.05) is 0 Å². The van der Waals surface area contributed by atoms with Crippen LogP contribution < -0.4 is 5.73 Å². The first-order chi connectivity index (χ1) is 10.1. The summed E-state index contributed by atoms with van der Waals surface area (Å²) in [4.78, 5) is 16.7. The molecule has 2 fully saturated rings. The number of carbonyl (C=O) groups is 1. The highest BCUT2D eigenvalue weighted by Crippen LogP contribution is 2.22. The molecule has 2 N–H and O–H groups in total. The quantitative estimate of drug-likeness (QED) is 0.825. The van der Waals surface area contributed by atoms with Crippen molar-refractivity contribution < 1.29 is 13.9 Å². The summed E-state index contributed by atoms with van der Waals surface area (Å²) in [5.74, 6) is -0.528. The molecule has 0 bridgehead atoms. The molecule has 3 rings (SSSR count). The summed E-state index contributed by atoms with van der Waals surface area (Å²) < 4.78 is 18.4. The summed E-state index contributed by atoms with van der Waals surface area (Å²) in [6.07, 6.45) is 0.965. The Morgan fingerprint density at radius 3 is 2.76 bits per heavy atom. The Hall–Kier alpha value is -1.66. The largest absolute Gasteiger partial charge is 0.398 e. The zero-order valence-corrected chi connectivity index (χ0v) is 11.9. The van der Waals surface area contributed by atoms with Crippen molar-refractivity contribution >= 4 is 11.6 Å². The van der Waals surface area contributed by atoms with Crippen molar-refractivity contribution in [3.05, 3.63) is 29.6 Å². The fourth-order valence-corrected chi connectivity index (χ4v) is 3.07. The van der Waals surface area contributed by atoms with E-state index in [1.807, 2.05) is 4.90 Å². The fourth-order valence-electron chi connectivity index (χ4n) is 3.07. The molecule has 2 saturated heterocycles. The highest BCUT2D eigenvalue weighted by atomic mass is 19.1. The number of benzene rings is 1. The number of ether oxygens (including phenoxy) is 1.